The van der Waals surface area contributed by atoms with Crippen LogP contribution in [-0.4, -0.2) is 27.5 Å². The summed E-state index contributed by atoms with van der Waals surface area (Å²) in [6, 6.07) is 18.4. The standard InChI is InChI=1S/C25H28N2O5S/c1-5-24(32-22-8-6-7-21(16-22)31-4)25(28)26-19-11-13-23(14-12-19)33(29,30)27-20-10-9-17(2)18(3)15-20/h6-16,24,27H,5H2,1-4H3,(H,26,28)/t24-/m0/s1. The normalized spacial score (nSPS) is 12.0. The van der Waals surface area contributed by atoms with E-state index in [0.29, 0.717) is 29.3 Å². The molecule has 0 aliphatic rings. The third-order valence-corrected chi connectivity index (χ3v) is 6.57. The highest BCUT2D eigenvalue weighted by Gasteiger charge is 2.20. The number of nitrogens with one attached hydrogen (secondary N) is 2. The van der Waals surface area contributed by atoms with Crippen molar-refractivity contribution >= 4 is 27.3 Å². The molecule has 0 unspecified atom stereocenters. The number of amides is 1. The zero-order valence-corrected chi connectivity index (χ0v) is 19.9. The molecule has 0 fully saturated rings. The number of methoxy groups -OCH3 is 1. The van der Waals surface area contributed by atoms with Gasteiger partial charge in [0.2, 0.25) is 0 Å². The topological polar surface area (TPSA) is 93.7 Å². The highest BCUT2D eigenvalue weighted by Crippen LogP contribution is 2.23. The van der Waals surface area contributed by atoms with E-state index in [1.54, 1.807) is 55.6 Å². The molecule has 1 atom stereocenters. The first-order valence-electron chi connectivity index (χ1n) is 10.5. The lowest BCUT2D eigenvalue weighted by Crippen LogP contribution is -2.32. The fraction of sp³-hybridized carbons (Fsp3) is 0.240. The van der Waals surface area contributed by atoms with Gasteiger partial charge in [-0.2, -0.15) is 0 Å². The summed E-state index contributed by atoms with van der Waals surface area (Å²) in [6.45, 7) is 5.73. The van der Waals surface area contributed by atoms with Crippen LogP contribution >= 0.6 is 0 Å². The van der Waals surface area contributed by atoms with Gasteiger partial charge < -0.3 is 14.8 Å². The fourth-order valence-electron chi connectivity index (χ4n) is 3.12. The molecular formula is C25H28N2O5S. The van der Waals surface area contributed by atoms with Crippen LogP contribution in [0.4, 0.5) is 11.4 Å². The molecular weight excluding hydrogens is 440 g/mol. The molecule has 33 heavy (non-hydrogen) atoms. The molecule has 3 aromatic carbocycles. The number of aryl methyl sites for hydroxylation is 2. The second-order valence-electron chi connectivity index (χ2n) is 7.61. The molecule has 8 heteroatoms. The second-order valence-corrected chi connectivity index (χ2v) is 9.29. The Morgan fingerprint density at radius 1 is 0.909 bits per heavy atom. The molecule has 0 aliphatic heterocycles. The van der Waals surface area contributed by atoms with Gasteiger partial charge in [-0.1, -0.05) is 19.1 Å². The Morgan fingerprint density at radius 2 is 1.58 bits per heavy atom. The van der Waals surface area contributed by atoms with E-state index in [0.717, 1.165) is 11.1 Å². The van der Waals surface area contributed by atoms with Crippen LogP contribution < -0.4 is 19.5 Å². The van der Waals surface area contributed by atoms with Crippen molar-refractivity contribution < 1.29 is 22.7 Å². The van der Waals surface area contributed by atoms with Gasteiger partial charge in [-0.3, -0.25) is 9.52 Å². The van der Waals surface area contributed by atoms with Crippen LogP contribution in [0.25, 0.3) is 0 Å². The van der Waals surface area contributed by atoms with E-state index in [4.69, 9.17) is 9.47 Å². The van der Waals surface area contributed by atoms with Crippen molar-refractivity contribution in [2.24, 2.45) is 0 Å². The van der Waals surface area contributed by atoms with E-state index < -0.39 is 16.1 Å². The van der Waals surface area contributed by atoms with E-state index in [1.807, 2.05) is 26.8 Å². The molecule has 1 amide bonds. The van der Waals surface area contributed by atoms with Crippen LogP contribution in [0, 0.1) is 13.8 Å². The molecule has 3 aromatic rings. The maximum absolute atomic E-state index is 12.7. The second kappa shape index (κ2) is 10.4. The Labute approximate surface area is 194 Å². The molecule has 0 saturated heterocycles. The van der Waals surface area contributed by atoms with Gasteiger partial charge in [-0.05, 0) is 79.9 Å². The molecule has 0 saturated carbocycles. The summed E-state index contributed by atoms with van der Waals surface area (Å²) in [6.07, 6.45) is -0.262. The van der Waals surface area contributed by atoms with Crippen LogP contribution in [0.5, 0.6) is 11.5 Å². The van der Waals surface area contributed by atoms with Crippen LogP contribution in [0.1, 0.15) is 24.5 Å². The van der Waals surface area contributed by atoms with Gasteiger partial charge in [0.1, 0.15) is 11.5 Å². The van der Waals surface area contributed by atoms with Crippen LogP contribution in [0.15, 0.2) is 71.6 Å². The van der Waals surface area contributed by atoms with Gasteiger partial charge >= 0.3 is 0 Å². The van der Waals surface area contributed by atoms with Gasteiger partial charge in [0.15, 0.2) is 6.10 Å². The summed E-state index contributed by atoms with van der Waals surface area (Å²) in [4.78, 5) is 12.8. The maximum Gasteiger partial charge on any atom is 0.265 e. The Hall–Kier alpha value is -3.52. The van der Waals surface area contributed by atoms with Crippen molar-refractivity contribution in [3.05, 3.63) is 77.9 Å². The van der Waals surface area contributed by atoms with Crippen LogP contribution in [0.3, 0.4) is 0 Å². The average molecular weight is 469 g/mol. The molecule has 7 nitrogen and oxygen atoms in total. The van der Waals surface area contributed by atoms with E-state index in [9.17, 15) is 13.2 Å². The minimum absolute atomic E-state index is 0.0957. The predicted molar refractivity (Wildman–Crippen MR) is 129 cm³/mol. The van der Waals surface area contributed by atoms with Gasteiger partial charge in [0, 0.05) is 17.4 Å². The molecule has 0 bridgehead atoms. The Kier molecular flexibility index (Phi) is 7.60. The number of hydrogen-bond acceptors (Lipinski definition) is 5. The molecule has 0 radical (unpaired) electrons. The molecule has 0 aromatic heterocycles. The number of benzene rings is 3. The quantitative estimate of drug-likeness (QED) is 0.465. The van der Waals surface area contributed by atoms with E-state index in [2.05, 4.69) is 10.0 Å². The summed E-state index contributed by atoms with van der Waals surface area (Å²) < 4.78 is 39.0. The first-order valence-corrected chi connectivity index (χ1v) is 12.0. The molecule has 2 N–H and O–H groups in total. The number of anilines is 2. The lowest BCUT2D eigenvalue weighted by atomic mass is 10.1. The third kappa shape index (κ3) is 6.26. The number of rotatable bonds is 9. The Balaban J connectivity index is 1.67. The van der Waals surface area contributed by atoms with E-state index in [-0.39, 0.29) is 10.8 Å². The van der Waals surface area contributed by atoms with Crippen molar-refractivity contribution in [2.45, 2.75) is 38.2 Å². The summed E-state index contributed by atoms with van der Waals surface area (Å²) in [5.41, 5.74) is 3.04. The SMILES string of the molecule is CC[C@H](Oc1cccc(OC)c1)C(=O)Nc1ccc(S(=O)(=O)Nc2ccc(C)c(C)c2)cc1. The molecule has 0 aliphatic carbocycles. The van der Waals surface area contributed by atoms with Gasteiger partial charge in [-0.15, -0.1) is 0 Å². The van der Waals surface area contributed by atoms with Gasteiger partial charge in [0.25, 0.3) is 15.9 Å². The van der Waals surface area contributed by atoms with Crippen molar-refractivity contribution in [3.63, 3.8) is 0 Å². The highest BCUT2D eigenvalue weighted by atomic mass is 32.2. The minimum atomic E-state index is -3.76. The average Bonchev–Trinajstić information content (AvgIpc) is 2.80. The van der Waals surface area contributed by atoms with Crippen molar-refractivity contribution in [1.29, 1.82) is 0 Å². The van der Waals surface area contributed by atoms with Crippen molar-refractivity contribution in [1.82, 2.24) is 0 Å². The molecule has 0 spiro atoms. The maximum atomic E-state index is 12.7. The van der Waals surface area contributed by atoms with Crippen molar-refractivity contribution in [2.75, 3.05) is 17.1 Å². The number of carbonyl (C=O) groups is 1. The first kappa shape index (κ1) is 24.1. The van der Waals surface area contributed by atoms with E-state index >= 15 is 0 Å². The number of ether oxygens (including phenoxy) is 2. The summed E-state index contributed by atoms with van der Waals surface area (Å²) in [5, 5.41) is 2.77. The molecule has 0 heterocycles. The predicted octanol–water partition coefficient (Wildman–Crippen LogP) is 4.91. The highest BCUT2D eigenvalue weighted by molar-refractivity contribution is 7.92. The van der Waals surface area contributed by atoms with E-state index in [1.165, 1.54) is 12.1 Å². The Bertz CT molecular complexity index is 1220. The smallest absolute Gasteiger partial charge is 0.265 e. The summed E-state index contributed by atoms with van der Waals surface area (Å²) in [5.74, 6) is 0.827. The zero-order valence-electron chi connectivity index (χ0n) is 19.1. The van der Waals surface area contributed by atoms with Gasteiger partial charge in [-0.25, -0.2) is 8.42 Å². The summed E-state index contributed by atoms with van der Waals surface area (Å²) >= 11 is 0. The van der Waals surface area contributed by atoms with Crippen LogP contribution in [0.2, 0.25) is 0 Å². The van der Waals surface area contributed by atoms with Crippen molar-refractivity contribution in [3.8, 4) is 11.5 Å². The zero-order chi connectivity index (χ0) is 24.0. The molecule has 174 valence electrons. The summed E-state index contributed by atoms with van der Waals surface area (Å²) in [7, 11) is -2.20. The molecule has 3 rings (SSSR count). The van der Waals surface area contributed by atoms with Gasteiger partial charge in [0.05, 0.1) is 12.0 Å². The lowest BCUT2D eigenvalue weighted by molar-refractivity contribution is -0.122. The number of hydrogen-bond donors (Lipinski definition) is 2. The number of sulfonamides is 1. The van der Waals surface area contributed by atoms with Crippen LogP contribution in [-0.2, 0) is 14.8 Å². The largest absolute Gasteiger partial charge is 0.497 e. The fourth-order valence-corrected chi connectivity index (χ4v) is 4.17. The lowest BCUT2D eigenvalue weighted by Gasteiger charge is -2.18. The Morgan fingerprint density at radius 3 is 2.21 bits per heavy atom. The monoisotopic (exact) mass is 468 g/mol. The number of carbonyl (C=O) groups excluding carboxylic acids is 1. The first-order chi connectivity index (χ1) is 15.7. The third-order valence-electron chi connectivity index (χ3n) is 5.17. The minimum Gasteiger partial charge on any atom is -0.497 e.